The molecule has 0 saturated carbocycles. The van der Waals surface area contributed by atoms with Crippen molar-refractivity contribution in [2.75, 3.05) is 19.8 Å². The van der Waals surface area contributed by atoms with Crippen molar-refractivity contribution in [3.8, 4) is 0 Å². The molecule has 1 aliphatic rings. The Labute approximate surface area is 93.8 Å². The molecule has 0 spiro atoms. The largest absolute Gasteiger partial charge is 0.383 e. The molecule has 0 radical (unpaired) electrons. The standard InChI is InChI=1S/C10H17N3O3/c11-4-1-8(14)10-12-9(13-16-10)7-2-5-15-6-3-7/h7-8,14H,1-6,11H2. The van der Waals surface area contributed by atoms with Crippen molar-refractivity contribution in [2.24, 2.45) is 5.73 Å². The predicted molar refractivity (Wildman–Crippen MR) is 55.7 cm³/mol. The number of aliphatic hydroxyl groups excluding tert-OH is 1. The van der Waals surface area contributed by atoms with E-state index < -0.39 is 6.10 Å². The zero-order chi connectivity index (χ0) is 11.4. The van der Waals surface area contributed by atoms with Crippen molar-refractivity contribution >= 4 is 0 Å². The van der Waals surface area contributed by atoms with Crippen molar-refractivity contribution in [3.05, 3.63) is 11.7 Å². The van der Waals surface area contributed by atoms with Crippen LogP contribution in [-0.2, 0) is 4.74 Å². The third kappa shape index (κ3) is 2.58. The second-order valence-electron chi connectivity index (χ2n) is 3.97. The number of ether oxygens (including phenoxy) is 1. The van der Waals surface area contributed by atoms with E-state index in [1.54, 1.807) is 0 Å². The summed E-state index contributed by atoms with van der Waals surface area (Å²) in [6.07, 6.45) is 1.51. The summed E-state index contributed by atoms with van der Waals surface area (Å²) in [4.78, 5) is 4.21. The zero-order valence-corrected chi connectivity index (χ0v) is 9.13. The van der Waals surface area contributed by atoms with E-state index in [1.807, 2.05) is 0 Å². The predicted octanol–water partition coefficient (Wildman–Crippen LogP) is 0.346. The average molecular weight is 227 g/mol. The first-order valence-electron chi connectivity index (χ1n) is 5.60. The maximum absolute atomic E-state index is 9.63. The Balaban J connectivity index is 2.00. The van der Waals surface area contributed by atoms with Crippen LogP contribution in [0.1, 0.15) is 43.0 Å². The number of rotatable bonds is 4. The van der Waals surface area contributed by atoms with Crippen LogP contribution in [0.25, 0.3) is 0 Å². The number of nitrogens with zero attached hydrogens (tertiary/aromatic N) is 2. The third-order valence-electron chi connectivity index (χ3n) is 2.77. The molecule has 0 bridgehead atoms. The van der Waals surface area contributed by atoms with Gasteiger partial charge in [-0.2, -0.15) is 4.98 Å². The lowest BCUT2D eigenvalue weighted by atomic mass is 10.00. The molecule has 1 aromatic rings. The number of hydrogen-bond donors (Lipinski definition) is 2. The van der Waals surface area contributed by atoms with Crippen LogP contribution >= 0.6 is 0 Å². The van der Waals surface area contributed by atoms with Crippen LogP contribution < -0.4 is 5.73 Å². The van der Waals surface area contributed by atoms with Crippen molar-refractivity contribution in [3.63, 3.8) is 0 Å². The van der Waals surface area contributed by atoms with E-state index in [9.17, 15) is 5.11 Å². The van der Waals surface area contributed by atoms with E-state index in [1.165, 1.54) is 0 Å². The minimum absolute atomic E-state index is 0.270. The Bertz CT molecular complexity index is 323. The van der Waals surface area contributed by atoms with Crippen LogP contribution in [0, 0.1) is 0 Å². The molecule has 16 heavy (non-hydrogen) atoms. The first-order chi connectivity index (χ1) is 7.81. The van der Waals surface area contributed by atoms with Crippen LogP contribution in [0.2, 0.25) is 0 Å². The Hall–Kier alpha value is -0.980. The molecule has 0 amide bonds. The number of aliphatic hydroxyl groups is 1. The smallest absolute Gasteiger partial charge is 0.255 e. The molecule has 90 valence electrons. The lowest BCUT2D eigenvalue weighted by molar-refractivity contribution is 0.0830. The molecular formula is C10H17N3O3. The van der Waals surface area contributed by atoms with Crippen molar-refractivity contribution in [1.82, 2.24) is 10.1 Å². The molecule has 1 unspecified atom stereocenters. The number of aromatic nitrogens is 2. The van der Waals surface area contributed by atoms with Crippen LogP contribution in [0.15, 0.2) is 4.52 Å². The second-order valence-corrected chi connectivity index (χ2v) is 3.97. The Morgan fingerprint density at radius 2 is 2.19 bits per heavy atom. The Morgan fingerprint density at radius 3 is 2.88 bits per heavy atom. The minimum atomic E-state index is -0.744. The summed E-state index contributed by atoms with van der Waals surface area (Å²) >= 11 is 0. The van der Waals surface area contributed by atoms with Gasteiger partial charge in [-0.25, -0.2) is 0 Å². The second kappa shape index (κ2) is 5.38. The van der Waals surface area contributed by atoms with Gasteiger partial charge in [0, 0.05) is 19.1 Å². The summed E-state index contributed by atoms with van der Waals surface area (Å²) in [5, 5.41) is 13.5. The van der Waals surface area contributed by atoms with Crippen LogP contribution in [-0.4, -0.2) is 35.0 Å². The molecule has 0 aliphatic carbocycles. The fourth-order valence-corrected chi connectivity index (χ4v) is 1.79. The van der Waals surface area contributed by atoms with Gasteiger partial charge in [-0.1, -0.05) is 5.16 Å². The van der Waals surface area contributed by atoms with Gasteiger partial charge in [0.2, 0.25) is 0 Å². The maximum atomic E-state index is 9.63. The highest BCUT2D eigenvalue weighted by atomic mass is 16.5. The summed E-state index contributed by atoms with van der Waals surface area (Å²) in [6.45, 7) is 1.87. The van der Waals surface area contributed by atoms with Gasteiger partial charge in [-0.15, -0.1) is 0 Å². The lowest BCUT2D eigenvalue weighted by Crippen LogP contribution is -2.15. The van der Waals surface area contributed by atoms with Crippen molar-refractivity contribution in [1.29, 1.82) is 0 Å². The molecular weight excluding hydrogens is 210 g/mol. The summed E-state index contributed by atoms with van der Waals surface area (Å²) in [6, 6.07) is 0. The fourth-order valence-electron chi connectivity index (χ4n) is 1.79. The van der Waals surface area contributed by atoms with Gasteiger partial charge in [0.05, 0.1) is 0 Å². The lowest BCUT2D eigenvalue weighted by Gasteiger charge is -2.18. The Kier molecular flexibility index (Phi) is 3.87. The summed E-state index contributed by atoms with van der Waals surface area (Å²) in [7, 11) is 0. The van der Waals surface area contributed by atoms with Crippen LogP contribution in [0.3, 0.4) is 0 Å². The van der Waals surface area contributed by atoms with Gasteiger partial charge < -0.3 is 20.1 Å². The van der Waals surface area contributed by atoms with Crippen molar-refractivity contribution < 1.29 is 14.4 Å². The highest BCUT2D eigenvalue weighted by Gasteiger charge is 2.23. The zero-order valence-electron chi connectivity index (χ0n) is 9.13. The van der Waals surface area contributed by atoms with Gasteiger partial charge in [0.1, 0.15) is 6.10 Å². The molecule has 1 atom stereocenters. The van der Waals surface area contributed by atoms with E-state index in [-0.39, 0.29) is 11.8 Å². The molecule has 1 fully saturated rings. The molecule has 1 aliphatic heterocycles. The highest BCUT2D eigenvalue weighted by molar-refractivity contribution is 4.98. The normalized spacial score (nSPS) is 19.9. The monoisotopic (exact) mass is 227 g/mol. The van der Waals surface area contributed by atoms with Gasteiger partial charge >= 0.3 is 0 Å². The third-order valence-corrected chi connectivity index (χ3v) is 2.77. The van der Waals surface area contributed by atoms with Crippen LogP contribution in [0.4, 0.5) is 0 Å². The molecule has 0 aromatic carbocycles. The van der Waals surface area contributed by atoms with E-state index in [0.717, 1.165) is 26.1 Å². The highest BCUT2D eigenvalue weighted by Crippen LogP contribution is 2.25. The topological polar surface area (TPSA) is 94.4 Å². The fraction of sp³-hybridized carbons (Fsp3) is 0.800. The molecule has 1 aromatic heterocycles. The number of hydrogen-bond acceptors (Lipinski definition) is 6. The molecule has 3 N–H and O–H groups in total. The van der Waals surface area contributed by atoms with Gasteiger partial charge in [0.15, 0.2) is 5.82 Å². The van der Waals surface area contributed by atoms with Gasteiger partial charge in [-0.05, 0) is 25.8 Å². The summed E-state index contributed by atoms with van der Waals surface area (Å²) < 4.78 is 10.3. The first-order valence-corrected chi connectivity index (χ1v) is 5.60. The molecule has 6 nitrogen and oxygen atoms in total. The molecule has 2 heterocycles. The van der Waals surface area contributed by atoms with Crippen molar-refractivity contribution in [2.45, 2.75) is 31.3 Å². The van der Waals surface area contributed by atoms with E-state index in [0.29, 0.717) is 18.8 Å². The van der Waals surface area contributed by atoms with E-state index in [2.05, 4.69) is 10.1 Å². The molecule has 6 heteroatoms. The van der Waals surface area contributed by atoms with E-state index in [4.69, 9.17) is 15.0 Å². The quantitative estimate of drug-likeness (QED) is 0.770. The SMILES string of the molecule is NCCC(O)c1nc(C2CCOCC2)no1. The van der Waals surface area contributed by atoms with Gasteiger partial charge in [-0.3, -0.25) is 0 Å². The number of nitrogens with two attached hydrogens (primary N) is 1. The van der Waals surface area contributed by atoms with E-state index >= 15 is 0 Å². The van der Waals surface area contributed by atoms with Gasteiger partial charge in [0.25, 0.3) is 5.89 Å². The summed E-state index contributed by atoms with van der Waals surface area (Å²) in [5.74, 6) is 1.23. The molecule has 1 saturated heterocycles. The summed E-state index contributed by atoms with van der Waals surface area (Å²) in [5.41, 5.74) is 5.35. The maximum Gasteiger partial charge on any atom is 0.255 e. The Morgan fingerprint density at radius 1 is 1.44 bits per heavy atom. The molecule has 2 rings (SSSR count). The average Bonchev–Trinajstić information content (AvgIpc) is 2.80. The minimum Gasteiger partial charge on any atom is -0.383 e. The first kappa shape index (κ1) is 11.5. The van der Waals surface area contributed by atoms with Crippen LogP contribution in [0.5, 0.6) is 0 Å².